The minimum atomic E-state index is -0.294. The lowest BCUT2D eigenvalue weighted by molar-refractivity contribution is -0.116. The van der Waals surface area contributed by atoms with Gasteiger partial charge in [0.15, 0.2) is 11.6 Å². The minimum Gasteiger partial charge on any atom is -0.497 e. The highest BCUT2D eigenvalue weighted by Crippen LogP contribution is 2.41. The van der Waals surface area contributed by atoms with Crippen molar-refractivity contribution in [2.75, 3.05) is 17.7 Å². The summed E-state index contributed by atoms with van der Waals surface area (Å²) in [6.45, 7) is 0. The summed E-state index contributed by atoms with van der Waals surface area (Å²) in [4.78, 5) is 26.0. The third-order valence-corrected chi connectivity index (χ3v) is 6.08. The van der Waals surface area contributed by atoms with Crippen LogP contribution in [0.15, 0.2) is 84.1 Å². The number of ketones is 2. The van der Waals surface area contributed by atoms with E-state index in [9.17, 15) is 9.59 Å². The highest BCUT2D eigenvalue weighted by molar-refractivity contribution is 6.10. The first-order chi connectivity index (χ1) is 15.6. The molecule has 5 rings (SSSR count). The van der Waals surface area contributed by atoms with Gasteiger partial charge in [-0.3, -0.25) is 9.59 Å². The van der Waals surface area contributed by atoms with Crippen molar-refractivity contribution >= 4 is 22.9 Å². The summed E-state index contributed by atoms with van der Waals surface area (Å²) in [7, 11) is 1.64. The Balaban J connectivity index is 1.58. The lowest BCUT2D eigenvalue weighted by Gasteiger charge is -2.25. The summed E-state index contributed by atoms with van der Waals surface area (Å²) in [6.07, 6.45) is 2.14. The maximum absolute atomic E-state index is 13.0. The van der Waals surface area contributed by atoms with Crippen LogP contribution in [-0.2, 0) is 4.79 Å². The number of methoxy groups -OCH3 is 1. The number of rotatable bonds is 4. The molecule has 0 bridgehead atoms. The molecule has 1 aliphatic heterocycles. The van der Waals surface area contributed by atoms with Crippen molar-refractivity contribution in [1.82, 2.24) is 0 Å². The summed E-state index contributed by atoms with van der Waals surface area (Å²) in [6, 6.07) is 22.4. The molecule has 3 aromatic rings. The minimum absolute atomic E-state index is 0.0299. The number of carbonyl (C=O) groups excluding carboxylic acids is 2. The second-order valence-corrected chi connectivity index (χ2v) is 8.10. The van der Waals surface area contributed by atoms with E-state index in [1.54, 1.807) is 7.11 Å². The molecule has 5 heteroatoms. The topological polar surface area (TPSA) is 67.4 Å². The lowest BCUT2D eigenvalue weighted by Crippen LogP contribution is -2.23. The van der Waals surface area contributed by atoms with Gasteiger partial charge in [-0.05, 0) is 48.7 Å². The van der Waals surface area contributed by atoms with E-state index >= 15 is 0 Å². The average molecular weight is 425 g/mol. The Hall–Kier alpha value is -3.86. The maximum Gasteiger partial charge on any atom is 0.193 e. The highest BCUT2D eigenvalue weighted by atomic mass is 16.5. The number of nitrogens with one attached hydrogen (secondary N) is 2. The number of hydrogen-bond donors (Lipinski definition) is 2. The Labute approximate surface area is 187 Å². The number of hydrogen-bond acceptors (Lipinski definition) is 5. The Bertz CT molecular complexity index is 1230. The van der Waals surface area contributed by atoms with Gasteiger partial charge >= 0.3 is 0 Å². The van der Waals surface area contributed by atoms with Gasteiger partial charge in [0.05, 0.1) is 24.5 Å². The van der Waals surface area contributed by atoms with E-state index in [1.165, 1.54) is 0 Å². The molecule has 0 saturated heterocycles. The van der Waals surface area contributed by atoms with Crippen LogP contribution < -0.4 is 15.4 Å². The van der Waals surface area contributed by atoms with Crippen LogP contribution in [0.1, 0.15) is 46.8 Å². The van der Waals surface area contributed by atoms with Crippen LogP contribution in [0.5, 0.6) is 5.75 Å². The first kappa shape index (κ1) is 20.1. The van der Waals surface area contributed by atoms with Gasteiger partial charge < -0.3 is 15.4 Å². The molecule has 0 amide bonds. The van der Waals surface area contributed by atoms with Crippen molar-refractivity contribution in [2.45, 2.75) is 25.3 Å². The third-order valence-electron chi connectivity index (χ3n) is 6.08. The fourth-order valence-electron chi connectivity index (χ4n) is 4.46. The molecule has 0 radical (unpaired) electrons. The smallest absolute Gasteiger partial charge is 0.193 e. The van der Waals surface area contributed by atoms with E-state index in [0.29, 0.717) is 17.5 Å². The van der Waals surface area contributed by atoms with Gasteiger partial charge in [0, 0.05) is 28.8 Å². The summed E-state index contributed by atoms with van der Waals surface area (Å²) in [5.74, 6) is 0.862. The zero-order valence-electron chi connectivity index (χ0n) is 17.9. The zero-order valence-corrected chi connectivity index (χ0v) is 17.9. The normalized spacial score (nSPS) is 17.4. The van der Waals surface area contributed by atoms with Gasteiger partial charge in [0.25, 0.3) is 0 Å². The highest BCUT2D eigenvalue weighted by Gasteiger charge is 2.32. The second kappa shape index (κ2) is 8.35. The van der Waals surface area contributed by atoms with Gasteiger partial charge in [0.2, 0.25) is 0 Å². The van der Waals surface area contributed by atoms with Crippen molar-refractivity contribution in [2.24, 2.45) is 0 Å². The van der Waals surface area contributed by atoms with Gasteiger partial charge in [-0.1, -0.05) is 42.5 Å². The van der Waals surface area contributed by atoms with Crippen LogP contribution in [0, 0.1) is 0 Å². The van der Waals surface area contributed by atoms with Gasteiger partial charge in [0.1, 0.15) is 5.75 Å². The van der Waals surface area contributed by atoms with Crippen LogP contribution in [-0.4, -0.2) is 18.7 Å². The summed E-state index contributed by atoms with van der Waals surface area (Å²) in [5.41, 5.74) is 5.56. The van der Waals surface area contributed by atoms with E-state index in [0.717, 1.165) is 46.8 Å². The van der Waals surface area contributed by atoms with E-state index in [4.69, 9.17) is 4.74 Å². The molecule has 0 unspecified atom stereocenters. The average Bonchev–Trinajstić information content (AvgIpc) is 3.01. The number of benzene rings is 3. The van der Waals surface area contributed by atoms with E-state index in [1.807, 2.05) is 72.8 Å². The van der Waals surface area contributed by atoms with Crippen LogP contribution in [0.4, 0.5) is 11.4 Å². The molecular weight excluding hydrogens is 400 g/mol. The van der Waals surface area contributed by atoms with Crippen molar-refractivity contribution in [3.63, 3.8) is 0 Å². The van der Waals surface area contributed by atoms with Gasteiger partial charge in [-0.25, -0.2) is 0 Å². The molecular formula is C27H24N2O3. The molecule has 3 aromatic carbocycles. The number of fused-ring (bicyclic) bond motifs is 1. The molecule has 0 spiro atoms. The Morgan fingerprint density at radius 1 is 0.906 bits per heavy atom. The Kier molecular flexibility index (Phi) is 5.23. The van der Waals surface area contributed by atoms with Crippen LogP contribution in [0.3, 0.4) is 0 Å². The molecule has 0 saturated carbocycles. The SMILES string of the molecule is COc1cccc([C@@H]2Nc3ccc(C(=O)c4ccccc4)cc3NC3=C2C(=O)CCC3)c1. The van der Waals surface area contributed by atoms with Crippen molar-refractivity contribution < 1.29 is 14.3 Å². The fraction of sp³-hybridized carbons (Fsp3) is 0.185. The van der Waals surface area contributed by atoms with Crippen LogP contribution in [0.25, 0.3) is 0 Å². The van der Waals surface area contributed by atoms with Crippen molar-refractivity contribution in [3.05, 3.63) is 101 Å². The number of ether oxygens (including phenoxy) is 1. The zero-order chi connectivity index (χ0) is 22.1. The number of anilines is 2. The number of Topliss-reactive ketones (excluding diaryl/α,β-unsaturated/α-hetero) is 1. The first-order valence-electron chi connectivity index (χ1n) is 10.8. The molecule has 0 aromatic heterocycles. The second-order valence-electron chi connectivity index (χ2n) is 8.10. The van der Waals surface area contributed by atoms with Crippen molar-refractivity contribution in [3.8, 4) is 5.75 Å². The maximum atomic E-state index is 13.0. The van der Waals surface area contributed by atoms with Crippen LogP contribution >= 0.6 is 0 Å². The summed E-state index contributed by atoms with van der Waals surface area (Å²) < 4.78 is 5.41. The quantitative estimate of drug-likeness (QED) is 0.541. The number of carbonyl (C=O) groups is 2. The molecule has 0 fully saturated rings. The molecule has 32 heavy (non-hydrogen) atoms. The molecule has 1 aliphatic carbocycles. The Morgan fingerprint density at radius 2 is 1.75 bits per heavy atom. The fourth-order valence-corrected chi connectivity index (χ4v) is 4.46. The first-order valence-corrected chi connectivity index (χ1v) is 10.8. The Morgan fingerprint density at radius 3 is 2.56 bits per heavy atom. The van der Waals surface area contributed by atoms with Gasteiger partial charge in [-0.2, -0.15) is 0 Å². The van der Waals surface area contributed by atoms with Crippen LogP contribution in [0.2, 0.25) is 0 Å². The van der Waals surface area contributed by atoms with Crippen molar-refractivity contribution in [1.29, 1.82) is 0 Å². The molecule has 1 atom stereocenters. The summed E-state index contributed by atoms with van der Waals surface area (Å²) >= 11 is 0. The largest absolute Gasteiger partial charge is 0.497 e. The standard InChI is InChI=1S/C27H24N2O3/c1-32-20-10-5-9-18(15-20)26-25-22(11-6-12-24(25)30)28-23-16-19(13-14-21(23)29-26)27(31)17-7-3-2-4-8-17/h2-5,7-10,13-16,26,28-29H,6,11-12H2,1H3/t26-/m0/s1. The molecule has 1 heterocycles. The molecule has 2 aliphatic rings. The molecule has 5 nitrogen and oxygen atoms in total. The molecule has 2 N–H and O–H groups in total. The van der Waals surface area contributed by atoms with Gasteiger partial charge in [-0.15, -0.1) is 0 Å². The predicted octanol–water partition coefficient (Wildman–Crippen LogP) is 5.51. The number of allylic oxidation sites excluding steroid dienone is 1. The van der Waals surface area contributed by atoms with E-state index in [2.05, 4.69) is 10.6 Å². The lowest BCUT2D eigenvalue weighted by atomic mass is 9.86. The molecule has 160 valence electrons. The monoisotopic (exact) mass is 424 g/mol. The summed E-state index contributed by atoms with van der Waals surface area (Å²) in [5, 5.41) is 7.03. The predicted molar refractivity (Wildman–Crippen MR) is 125 cm³/mol. The van der Waals surface area contributed by atoms with E-state index in [-0.39, 0.29) is 17.6 Å². The van der Waals surface area contributed by atoms with E-state index < -0.39 is 0 Å². The third kappa shape index (κ3) is 3.66.